The van der Waals surface area contributed by atoms with E-state index in [1.165, 1.54) is 141 Å². The Morgan fingerprint density at radius 3 is 0.957 bits per heavy atom. The summed E-state index contributed by atoms with van der Waals surface area (Å²) in [6.07, 6.45) is 73.7. The molecule has 69 heavy (non-hydrogen) atoms. The minimum absolute atomic E-state index is 0.0747. The Balaban J connectivity index is 3.96. The lowest BCUT2D eigenvalue weighted by atomic mass is 10.0. The van der Waals surface area contributed by atoms with Crippen molar-refractivity contribution in [1.29, 1.82) is 0 Å². The Labute approximate surface area is 427 Å². The Bertz CT molecular complexity index is 1290. The molecule has 6 nitrogen and oxygen atoms in total. The molecular weight excluding hydrogens is 853 g/mol. The summed E-state index contributed by atoms with van der Waals surface area (Å²) >= 11 is 0. The number of rotatable bonds is 53. The zero-order valence-corrected chi connectivity index (χ0v) is 45.6. The number of ether oxygens (including phenoxy) is 3. The molecule has 0 amide bonds. The molecule has 0 saturated carbocycles. The molecule has 0 aromatic carbocycles. The van der Waals surface area contributed by atoms with E-state index < -0.39 is 6.10 Å². The van der Waals surface area contributed by atoms with Gasteiger partial charge in [-0.25, -0.2) is 0 Å². The highest BCUT2D eigenvalue weighted by atomic mass is 16.6. The van der Waals surface area contributed by atoms with Crippen LogP contribution in [0.1, 0.15) is 290 Å². The number of allylic oxidation sites excluding steroid dienone is 12. The minimum atomic E-state index is -0.772. The lowest BCUT2D eigenvalue weighted by Crippen LogP contribution is -2.30. The van der Waals surface area contributed by atoms with Gasteiger partial charge in [-0.15, -0.1) is 0 Å². The summed E-state index contributed by atoms with van der Waals surface area (Å²) in [5.41, 5.74) is 0. The number of carbonyl (C=O) groups excluding carboxylic acids is 3. The second-order valence-electron chi connectivity index (χ2n) is 19.5. The fourth-order valence-corrected chi connectivity index (χ4v) is 8.30. The first kappa shape index (κ1) is 65.8. The highest BCUT2D eigenvalue weighted by molar-refractivity contribution is 5.71. The summed E-state index contributed by atoms with van der Waals surface area (Å²) in [6, 6.07) is 0. The van der Waals surface area contributed by atoms with Crippen LogP contribution in [0.4, 0.5) is 0 Å². The summed E-state index contributed by atoms with van der Waals surface area (Å²) in [5.74, 6) is -0.882. The number of hydrogen-bond donors (Lipinski definition) is 0. The first-order valence-corrected chi connectivity index (χ1v) is 29.4. The quantitative estimate of drug-likeness (QED) is 0.0262. The van der Waals surface area contributed by atoms with Gasteiger partial charge >= 0.3 is 17.9 Å². The third kappa shape index (κ3) is 55.6. The van der Waals surface area contributed by atoms with E-state index in [1.54, 1.807) is 0 Å². The van der Waals surface area contributed by atoms with Crippen molar-refractivity contribution in [3.8, 4) is 0 Å². The van der Waals surface area contributed by atoms with Crippen LogP contribution in [0.15, 0.2) is 72.9 Å². The average Bonchev–Trinajstić information content (AvgIpc) is 3.35. The van der Waals surface area contributed by atoms with Crippen LogP contribution in [-0.4, -0.2) is 37.2 Å². The normalized spacial score (nSPS) is 12.6. The molecule has 0 aromatic heterocycles. The number of unbranched alkanes of at least 4 members (excludes halogenated alkanes) is 30. The number of carbonyl (C=O) groups is 3. The van der Waals surface area contributed by atoms with Crippen LogP contribution in [0.25, 0.3) is 0 Å². The minimum Gasteiger partial charge on any atom is -0.462 e. The summed E-state index contributed by atoms with van der Waals surface area (Å²) in [4.78, 5) is 37.8. The molecule has 0 N–H and O–H groups in total. The SMILES string of the molecule is CC/C=C\C/C=C\C/C=C\C/C=C\C/C=C\CCCCCCCCCCCCCCCCCCCC(=O)OCC(COC(=O)CCCCCCCCCC)OC(=O)CCCCCCC/C=C\CCC. The molecule has 0 heterocycles. The van der Waals surface area contributed by atoms with Gasteiger partial charge in [0.15, 0.2) is 6.10 Å². The number of esters is 3. The van der Waals surface area contributed by atoms with Crippen molar-refractivity contribution in [2.24, 2.45) is 0 Å². The molecule has 0 aliphatic rings. The molecule has 0 radical (unpaired) electrons. The van der Waals surface area contributed by atoms with Crippen molar-refractivity contribution >= 4 is 17.9 Å². The molecule has 0 rings (SSSR count). The van der Waals surface area contributed by atoms with Gasteiger partial charge in [0.25, 0.3) is 0 Å². The first-order valence-electron chi connectivity index (χ1n) is 29.4. The highest BCUT2D eigenvalue weighted by Gasteiger charge is 2.19. The first-order chi connectivity index (χ1) is 34.0. The van der Waals surface area contributed by atoms with E-state index in [0.29, 0.717) is 19.3 Å². The van der Waals surface area contributed by atoms with Gasteiger partial charge < -0.3 is 14.2 Å². The van der Waals surface area contributed by atoms with E-state index in [0.717, 1.165) is 109 Å². The van der Waals surface area contributed by atoms with Crippen molar-refractivity contribution in [3.63, 3.8) is 0 Å². The number of hydrogen-bond acceptors (Lipinski definition) is 6. The zero-order valence-electron chi connectivity index (χ0n) is 45.6. The molecule has 0 bridgehead atoms. The van der Waals surface area contributed by atoms with E-state index >= 15 is 0 Å². The Morgan fingerprint density at radius 1 is 0.304 bits per heavy atom. The molecule has 0 fully saturated rings. The second kappa shape index (κ2) is 57.4. The Morgan fingerprint density at radius 2 is 0.594 bits per heavy atom. The molecule has 0 aromatic rings. The lowest BCUT2D eigenvalue weighted by Gasteiger charge is -2.18. The van der Waals surface area contributed by atoms with E-state index in [1.807, 2.05) is 0 Å². The third-order valence-corrected chi connectivity index (χ3v) is 12.7. The smallest absolute Gasteiger partial charge is 0.306 e. The summed E-state index contributed by atoms with van der Waals surface area (Å²) in [6.45, 7) is 6.44. The maximum Gasteiger partial charge on any atom is 0.306 e. The summed E-state index contributed by atoms with van der Waals surface area (Å²) in [7, 11) is 0. The Kier molecular flexibility index (Phi) is 54.8. The maximum absolute atomic E-state index is 12.7. The molecule has 0 aliphatic heterocycles. The van der Waals surface area contributed by atoms with E-state index in [4.69, 9.17) is 14.2 Å². The molecule has 1 atom stereocenters. The van der Waals surface area contributed by atoms with Crippen LogP contribution >= 0.6 is 0 Å². The summed E-state index contributed by atoms with van der Waals surface area (Å²) < 4.78 is 16.7. The van der Waals surface area contributed by atoms with Gasteiger partial charge in [0.2, 0.25) is 0 Å². The van der Waals surface area contributed by atoms with Gasteiger partial charge in [-0.2, -0.15) is 0 Å². The molecule has 0 aliphatic carbocycles. The maximum atomic E-state index is 12.7. The van der Waals surface area contributed by atoms with Crippen molar-refractivity contribution < 1.29 is 28.6 Å². The molecule has 0 spiro atoms. The Hall–Kier alpha value is -3.15. The van der Waals surface area contributed by atoms with Gasteiger partial charge in [0.1, 0.15) is 13.2 Å². The zero-order chi connectivity index (χ0) is 50.0. The van der Waals surface area contributed by atoms with Crippen molar-refractivity contribution in [2.45, 2.75) is 297 Å². The van der Waals surface area contributed by atoms with Crippen LogP contribution in [0.2, 0.25) is 0 Å². The fourth-order valence-electron chi connectivity index (χ4n) is 8.30. The average molecular weight is 964 g/mol. The van der Waals surface area contributed by atoms with Crippen molar-refractivity contribution in [3.05, 3.63) is 72.9 Å². The van der Waals surface area contributed by atoms with Crippen molar-refractivity contribution in [2.75, 3.05) is 13.2 Å². The van der Waals surface area contributed by atoms with Gasteiger partial charge in [-0.1, -0.05) is 261 Å². The van der Waals surface area contributed by atoms with E-state index in [2.05, 4.69) is 93.7 Å². The standard InChI is InChI=1S/C63H110O6/c1-4-7-10-13-16-19-21-22-23-24-25-26-27-28-29-30-31-32-33-34-35-36-37-38-39-40-41-42-43-45-47-50-53-56-62(65)68-59-60(58-67-61(64)55-52-49-46-18-15-12-9-6-3)69-63(66)57-54-51-48-44-20-17-14-11-8-5-2/h7,10-11,14,16,19,22-23,25-26,28-29,60H,4-6,8-9,12-13,15,17-18,20-21,24,27,30-59H2,1-3H3/b10-7-,14-11-,19-16-,23-22-,26-25-,29-28-. The fraction of sp³-hybridized carbons (Fsp3) is 0.762. The van der Waals surface area contributed by atoms with Crippen LogP contribution in [0.5, 0.6) is 0 Å². The van der Waals surface area contributed by atoms with Crippen LogP contribution in [0.3, 0.4) is 0 Å². The molecule has 398 valence electrons. The monoisotopic (exact) mass is 963 g/mol. The van der Waals surface area contributed by atoms with Gasteiger partial charge in [-0.3, -0.25) is 14.4 Å². The van der Waals surface area contributed by atoms with Gasteiger partial charge in [-0.05, 0) is 83.5 Å². The topological polar surface area (TPSA) is 78.9 Å². The largest absolute Gasteiger partial charge is 0.462 e. The van der Waals surface area contributed by atoms with Gasteiger partial charge in [0.05, 0.1) is 0 Å². The lowest BCUT2D eigenvalue weighted by molar-refractivity contribution is -0.167. The molecule has 0 saturated heterocycles. The van der Waals surface area contributed by atoms with E-state index in [-0.39, 0.29) is 31.1 Å². The predicted molar refractivity (Wildman–Crippen MR) is 298 cm³/mol. The van der Waals surface area contributed by atoms with E-state index in [9.17, 15) is 14.4 Å². The van der Waals surface area contributed by atoms with Crippen molar-refractivity contribution in [1.82, 2.24) is 0 Å². The molecule has 6 heteroatoms. The second-order valence-corrected chi connectivity index (χ2v) is 19.5. The highest BCUT2D eigenvalue weighted by Crippen LogP contribution is 2.16. The van der Waals surface area contributed by atoms with Crippen LogP contribution in [-0.2, 0) is 28.6 Å². The predicted octanol–water partition coefficient (Wildman–Crippen LogP) is 19.8. The van der Waals surface area contributed by atoms with Crippen LogP contribution in [0, 0.1) is 0 Å². The molecular formula is C63H110O6. The molecule has 1 unspecified atom stereocenters. The van der Waals surface area contributed by atoms with Crippen LogP contribution < -0.4 is 0 Å². The van der Waals surface area contributed by atoms with Gasteiger partial charge in [0, 0.05) is 19.3 Å². The third-order valence-electron chi connectivity index (χ3n) is 12.7. The summed E-state index contributed by atoms with van der Waals surface area (Å²) in [5, 5.41) is 0.